The summed E-state index contributed by atoms with van der Waals surface area (Å²) in [6.07, 6.45) is 1.78. The van der Waals surface area contributed by atoms with Gasteiger partial charge in [-0.3, -0.25) is 10.2 Å². The van der Waals surface area contributed by atoms with E-state index in [0.29, 0.717) is 26.1 Å². The molecule has 2 amide bonds. The lowest BCUT2D eigenvalue weighted by molar-refractivity contribution is -0.142. The number of piperazine rings is 1. The predicted molar refractivity (Wildman–Crippen MR) is 99.4 cm³/mol. The van der Waals surface area contributed by atoms with Crippen molar-refractivity contribution in [3.63, 3.8) is 0 Å². The monoisotopic (exact) mass is 402 g/mol. The highest BCUT2D eigenvalue weighted by molar-refractivity contribution is 5.75. The van der Waals surface area contributed by atoms with Gasteiger partial charge in [-0.25, -0.2) is 4.79 Å². The molecule has 7 nitrogen and oxygen atoms in total. The molecular weight excluding hydrogens is 370 g/mol. The molecule has 3 rings (SSSR count). The van der Waals surface area contributed by atoms with Gasteiger partial charge in [0.05, 0.1) is 18.2 Å². The fourth-order valence-electron chi connectivity index (χ4n) is 5.19. The molecule has 9 heteroatoms. The zero-order valence-electron chi connectivity index (χ0n) is 17.1. The van der Waals surface area contributed by atoms with Gasteiger partial charge in [-0.2, -0.15) is 13.8 Å². The van der Waals surface area contributed by atoms with Crippen LogP contribution < -0.4 is 5.43 Å². The lowest BCUT2D eigenvalue weighted by Crippen LogP contribution is -2.67. The summed E-state index contributed by atoms with van der Waals surface area (Å²) < 4.78 is 31.4. The van der Waals surface area contributed by atoms with Gasteiger partial charge in [0.15, 0.2) is 0 Å². The minimum absolute atomic E-state index is 0.0178. The third-order valence-electron chi connectivity index (χ3n) is 6.34. The first-order valence-corrected chi connectivity index (χ1v) is 10.2. The zero-order valence-corrected chi connectivity index (χ0v) is 17.1. The number of ether oxygens (including phenoxy) is 1. The van der Waals surface area contributed by atoms with Crippen molar-refractivity contribution in [1.29, 1.82) is 0 Å². The van der Waals surface area contributed by atoms with E-state index in [1.165, 1.54) is 0 Å². The molecule has 0 aromatic heterocycles. The Hall–Kier alpha value is -1.48. The number of hydrazine groups is 1. The number of hydrogen-bond acceptors (Lipinski definition) is 5. The summed E-state index contributed by atoms with van der Waals surface area (Å²) in [5.41, 5.74) is 2.78. The molecule has 5 atom stereocenters. The summed E-state index contributed by atoms with van der Waals surface area (Å²) in [5.74, 6) is 0.362. The van der Waals surface area contributed by atoms with Gasteiger partial charge in [-0.05, 0) is 51.9 Å². The van der Waals surface area contributed by atoms with Crippen molar-refractivity contribution in [2.24, 2.45) is 11.8 Å². The highest BCUT2D eigenvalue weighted by atomic mass is 19.3. The maximum Gasteiger partial charge on any atom is 0.410 e. The van der Waals surface area contributed by atoms with Crippen LogP contribution in [0.15, 0.2) is 0 Å². The van der Waals surface area contributed by atoms with E-state index in [1.807, 2.05) is 25.7 Å². The summed E-state index contributed by atoms with van der Waals surface area (Å²) in [5, 5.41) is 0.992. The molecule has 4 unspecified atom stereocenters. The molecule has 0 radical (unpaired) electrons. The molecule has 1 saturated carbocycles. The van der Waals surface area contributed by atoms with Crippen molar-refractivity contribution in [3.05, 3.63) is 0 Å². The van der Waals surface area contributed by atoms with Crippen molar-refractivity contribution >= 4 is 12.0 Å². The third-order valence-corrected chi connectivity index (χ3v) is 6.34. The van der Waals surface area contributed by atoms with Crippen LogP contribution in [0.1, 0.15) is 47.0 Å². The van der Waals surface area contributed by atoms with E-state index in [9.17, 15) is 18.4 Å². The number of hydrogen-bond donors (Lipinski definition) is 1. The smallest absolute Gasteiger partial charge is 0.410 e. The average Bonchev–Trinajstić information content (AvgIpc) is 3.10. The van der Waals surface area contributed by atoms with Crippen molar-refractivity contribution in [2.75, 3.05) is 19.6 Å². The standard InChI is InChI=1S/C19H32F2N4O3/c1-11(2)28-19(27)23-9-12(3)25(13(4)26)16-6-5-14(7-17(16)23)15-8-22-24(10-15)18(20)21/h11-12,14-18,22H,5-10H2,1-4H3/t12-,14?,15?,16?,17?/m0/s1. The summed E-state index contributed by atoms with van der Waals surface area (Å²) in [6, 6.07) is -0.249. The molecule has 1 N–H and O–H groups in total. The van der Waals surface area contributed by atoms with E-state index in [1.54, 1.807) is 11.8 Å². The number of amides is 2. The number of fused-ring (bicyclic) bond motifs is 1. The molecular formula is C19H32F2N4O3. The number of nitrogens with zero attached hydrogens (tertiary/aromatic N) is 3. The minimum Gasteiger partial charge on any atom is -0.447 e. The third kappa shape index (κ3) is 4.25. The van der Waals surface area contributed by atoms with Gasteiger partial charge in [-0.15, -0.1) is 0 Å². The largest absolute Gasteiger partial charge is 0.447 e. The Balaban J connectivity index is 1.77. The second-order valence-corrected chi connectivity index (χ2v) is 8.62. The van der Waals surface area contributed by atoms with Crippen LogP contribution in [0, 0.1) is 11.8 Å². The Kier molecular flexibility index (Phi) is 6.44. The normalized spacial score (nSPS) is 34.1. The molecule has 0 aromatic rings. The maximum absolute atomic E-state index is 13.0. The lowest BCUT2D eigenvalue weighted by atomic mass is 9.73. The van der Waals surface area contributed by atoms with E-state index in [0.717, 1.165) is 17.9 Å². The van der Waals surface area contributed by atoms with E-state index in [2.05, 4.69) is 5.43 Å². The molecule has 160 valence electrons. The molecule has 0 spiro atoms. The maximum atomic E-state index is 13.0. The number of carbonyl (C=O) groups excluding carboxylic acids is 2. The Morgan fingerprint density at radius 2 is 1.82 bits per heavy atom. The first-order chi connectivity index (χ1) is 13.2. The van der Waals surface area contributed by atoms with Crippen LogP contribution in [0.2, 0.25) is 0 Å². The SMILES string of the molecule is CC(=O)N1C2CCC(C3CNN(C(F)F)C3)CC2N(C(=O)OC(C)C)C[C@@H]1C. The fourth-order valence-corrected chi connectivity index (χ4v) is 5.19. The number of carbonyl (C=O) groups is 2. The number of alkyl halides is 2. The highest BCUT2D eigenvalue weighted by Crippen LogP contribution is 2.40. The molecule has 3 aliphatic rings. The van der Waals surface area contributed by atoms with Crippen LogP contribution in [0.4, 0.5) is 13.6 Å². The number of rotatable bonds is 3. The van der Waals surface area contributed by atoms with Crippen LogP contribution in [0.25, 0.3) is 0 Å². The van der Waals surface area contributed by atoms with E-state index >= 15 is 0 Å². The van der Waals surface area contributed by atoms with Gasteiger partial charge in [0.2, 0.25) is 5.91 Å². The van der Waals surface area contributed by atoms with Crippen LogP contribution >= 0.6 is 0 Å². The minimum atomic E-state index is -2.51. The zero-order chi connectivity index (χ0) is 20.6. The molecule has 0 bridgehead atoms. The quantitative estimate of drug-likeness (QED) is 0.734. The molecule has 28 heavy (non-hydrogen) atoms. The van der Waals surface area contributed by atoms with Gasteiger partial charge in [-0.1, -0.05) is 0 Å². The molecule has 0 aromatic carbocycles. The molecule has 1 aliphatic carbocycles. The molecule has 2 heterocycles. The van der Waals surface area contributed by atoms with Crippen LogP contribution in [0.5, 0.6) is 0 Å². The fraction of sp³-hybridized carbons (Fsp3) is 0.895. The molecule has 2 saturated heterocycles. The first kappa shape index (κ1) is 21.2. The van der Waals surface area contributed by atoms with Crippen LogP contribution in [0.3, 0.4) is 0 Å². The average molecular weight is 402 g/mol. The van der Waals surface area contributed by atoms with E-state index in [4.69, 9.17) is 4.74 Å². The molecule has 2 aliphatic heterocycles. The topological polar surface area (TPSA) is 65.1 Å². The second kappa shape index (κ2) is 8.49. The number of nitrogens with one attached hydrogen (secondary N) is 1. The van der Waals surface area contributed by atoms with Crippen molar-refractivity contribution in [3.8, 4) is 0 Å². The van der Waals surface area contributed by atoms with Gasteiger partial charge >= 0.3 is 12.6 Å². The van der Waals surface area contributed by atoms with Crippen LogP contribution in [-0.4, -0.2) is 77.2 Å². The van der Waals surface area contributed by atoms with Crippen molar-refractivity contribution in [1.82, 2.24) is 20.2 Å². The highest BCUT2D eigenvalue weighted by Gasteiger charge is 2.48. The number of halogens is 2. The predicted octanol–water partition coefficient (Wildman–Crippen LogP) is 2.28. The molecule has 3 fully saturated rings. The summed E-state index contributed by atoms with van der Waals surface area (Å²) >= 11 is 0. The summed E-state index contributed by atoms with van der Waals surface area (Å²) in [4.78, 5) is 28.7. The summed E-state index contributed by atoms with van der Waals surface area (Å²) in [6.45, 7) is 5.92. The van der Waals surface area contributed by atoms with Crippen molar-refractivity contribution in [2.45, 2.75) is 77.7 Å². The Morgan fingerprint density at radius 3 is 2.39 bits per heavy atom. The van der Waals surface area contributed by atoms with Gasteiger partial charge in [0, 0.05) is 32.6 Å². The second-order valence-electron chi connectivity index (χ2n) is 8.62. The van der Waals surface area contributed by atoms with Crippen LogP contribution in [-0.2, 0) is 9.53 Å². The Bertz CT molecular complexity index is 592. The Labute approximate surface area is 165 Å². The van der Waals surface area contributed by atoms with E-state index < -0.39 is 6.55 Å². The first-order valence-electron chi connectivity index (χ1n) is 10.2. The van der Waals surface area contributed by atoms with Gasteiger partial charge in [0.1, 0.15) is 0 Å². The van der Waals surface area contributed by atoms with Gasteiger partial charge < -0.3 is 14.5 Å². The summed E-state index contributed by atoms with van der Waals surface area (Å²) in [7, 11) is 0. The Morgan fingerprint density at radius 1 is 1.11 bits per heavy atom. The lowest BCUT2D eigenvalue weighted by Gasteiger charge is -2.54. The van der Waals surface area contributed by atoms with Gasteiger partial charge in [0.25, 0.3) is 0 Å². The van der Waals surface area contributed by atoms with Crippen molar-refractivity contribution < 1.29 is 23.1 Å². The van der Waals surface area contributed by atoms with E-state index in [-0.39, 0.29) is 48.1 Å².